The van der Waals surface area contributed by atoms with Crippen LogP contribution in [-0.2, 0) is 23.4 Å². The summed E-state index contributed by atoms with van der Waals surface area (Å²) in [4.78, 5) is 10.5. The molecule has 0 aromatic carbocycles. The third kappa shape index (κ3) is 3.92. The number of hydrogen-bond acceptors (Lipinski definition) is 4. The highest BCUT2D eigenvalue weighted by molar-refractivity contribution is 14.0. The number of halogens is 1. The Morgan fingerprint density at radius 3 is 2.68 bits per heavy atom. The van der Waals surface area contributed by atoms with Gasteiger partial charge in [-0.2, -0.15) is 0 Å². The fourth-order valence-corrected chi connectivity index (χ4v) is 3.75. The summed E-state index contributed by atoms with van der Waals surface area (Å²) in [5.74, 6) is 1.77. The second kappa shape index (κ2) is 7.16. The van der Waals surface area contributed by atoms with E-state index in [1.807, 2.05) is 22.7 Å². The van der Waals surface area contributed by atoms with Crippen LogP contribution in [-0.4, -0.2) is 59.5 Å². The predicted octanol–water partition coefficient (Wildman–Crippen LogP) is 0.622. The predicted molar refractivity (Wildman–Crippen MR) is 98.3 cm³/mol. The highest BCUT2D eigenvalue weighted by Crippen LogP contribution is 2.23. The maximum Gasteiger partial charge on any atom is 0.194 e. The molecule has 22 heavy (non-hydrogen) atoms. The lowest BCUT2D eigenvalue weighted by Gasteiger charge is -2.39. The first-order valence-corrected chi connectivity index (χ1v) is 8.56. The number of guanidine groups is 1. The molecule has 0 unspecified atom stereocenters. The monoisotopic (exact) mass is 441 g/mol. The molecule has 0 spiro atoms. The van der Waals surface area contributed by atoms with Gasteiger partial charge >= 0.3 is 0 Å². The number of nitrogens with zero attached hydrogens (tertiary/aromatic N) is 4. The molecule has 2 heterocycles. The van der Waals surface area contributed by atoms with Crippen LogP contribution in [0.25, 0.3) is 0 Å². The maximum atomic E-state index is 12.0. The van der Waals surface area contributed by atoms with E-state index in [0.29, 0.717) is 25.6 Å². The van der Waals surface area contributed by atoms with Gasteiger partial charge in [0.15, 0.2) is 15.8 Å². The Kier molecular flexibility index (Phi) is 6.25. The second-order valence-corrected chi connectivity index (χ2v) is 8.60. The summed E-state index contributed by atoms with van der Waals surface area (Å²) in [5, 5.41) is 3.25. The average molecular weight is 441 g/mol. The van der Waals surface area contributed by atoms with Crippen LogP contribution in [0.2, 0.25) is 0 Å². The molecule has 7 nitrogen and oxygen atoms in total. The molecule has 1 aliphatic heterocycles. The van der Waals surface area contributed by atoms with Crippen molar-refractivity contribution in [3.63, 3.8) is 0 Å². The summed E-state index contributed by atoms with van der Waals surface area (Å²) in [6.07, 6.45) is 3.63. The summed E-state index contributed by atoms with van der Waals surface area (Å²) in [6.45, 7) is 4.99. The molecule has 0 amide bonds. The Balaban J connectivity index is 0.00000242. The van der Waals surface area contributed by atoms with Crippen LogP contribution < -0.4 is 5.32 Å². The lowest BCUT2D eigenvalue weighted by molar-refractivity contribution is 0.352. The van der Waals surface area contributed by atoms with E-state index in [2.05, 4.69) is 15.3 Å². The van der Waals surface area contributed by atoms with Gasteiger partial charge in [-0.25, -0.2) is 13.4 Å². The van der Waals surface area contributed by atoms with Gasteiger partial charge in [-0.3, -0.25) is 4.99 Å². The van der Waals surface area contributed by atoms with Gasteiger partial charge in [0.1, 0.15) is 5.82 Å². The van der Waals surface area contributed by atoms with Gasteiger partial charge in [-0.15, -0.1) is 24.0 Å². The first kappa shape index (κ1) is 19.2. The van der Waals surface area contributed by atoms with E-state index in [4.69, 9.17) is 0 Å². The minimum Gasteiger partial charge on any atom is -0.349 e. The summed E-state index contributed by atoms with van der Waals surface area (Å²) >= 11 is 0. The van der Waals surface area contributed by atoms with Crippen LogP contribution >= 0.6 is 24.0 Å². The van der Waals surface area contributed by atoms with E-state index in [0.717, 1.165) is 5.82 Å². The molecule has 1 aromatic rings. The lowest BCUT2D eigenvalue weighted by Crippen LogP contribution is -2.57. The Labute approximate surface area is 149 Å². The van der Waals surface area contributed by atoms with E-state index in [1.54, 1.807) is 27.1 Å². The summed E-state index contributed by atoms with van der Waals surface area (Å²) in [7, 11) is 0.598. The van der Waals surface area contributed by atoms with Crippen molar-refractivity contribution in [2.24, 2.45) is 12.0 Å². The van der Waals surface area contributed by atoms with Gasteiger partial charge in [-0.05, 0) is 13.8 Å². The molecule has 0 atom stereocenters. The van der Waals surface area contributed by atoms with Gasteiger partial charge < -0.3 is 14.8 Å². The molecule has 0 radical (unpaired) electrons. The number of sulfone groups is 1. The second-order valence-electron chi connectivity index (χ2n) is 5.86. The highest BCUT2D eigenvalue weighted by atomic mass is 127. The zero-order valence-electron chi connectivity index (χ0n) is 13.4. The number of nitrogens with one attached hydrogen (secondary N) is 1. The molecule has 2 rings (SSSR count). The Morgan fingerprint density at radius 1 is 1.50 bits per heavy atom. The zero-order valence-corrected chi connectivity index (χ0v) is 16.6. The first-order chi connectivity index (χ1) is 9.77. The van der Waals surface area contributed by atoms with Crippen LogP contribution in [0.15, 0.2) is 17.4 Å². The molecule has 126 valence electrons. The van der Waals surface area contributed by atoms with Crippen molar-refractivity contribution in [3.8, 4) is 0 Å². The fourth-order valence-electron chi connectivity index (χ4n) is 2.38. The standard InChI is InChI=1S/C13H23N5O2S.HI/c1-13(2)10-18(7-8-21(13,19)20)12(14-3)16-9-11-15-5-6-17(11)4;/h5-6H,7-10H2,1-4H3,(H,14,16);1H. The van der Waals surface area contributed by atoms with Crippen LogP contribution in [0, 0.1) is 0 Å². The molecule has 1 N–H and O–H groups in total. The number of rotatable bonds is 2. The molecule has 0 aliphatic carbocycles. The Morgan fingerprint density at radius 2 is 2.18 bits per heavy atom. The molecule has 0 saturated carbocycles. The van der Waals surface area contributed by atoms with Gasteiger partial charge in [0.05, 0.1) is 17.0 Å². The smallest absolute Gasteiger partial charge is 0.194 e. The molecule has 0 bridgehead atoms. The normalized spacial score (nSPS) is 20.4. The van der Waals surface area contributed by atoms with Crippen LogP contribution in [0.4, 0.5) is 0 Å². The van der Waals surface area contributed by atoms with Crippen molar-refractivity contribution in [3.05, 3.63) is 18.2 Å². The summed E-state index contributed by atoms with van der Waals surface area (Å²) < 4.78 is 25.3. The number of aryl methyl sites for hydroxylation is 1. The largest absolute Gasteiger partial charge is 0.349 e. The molecule has 1 aliphatic rings. The lowest BCUT2D eigenvalue weighted by atomic mass is 10.2. The highest BCUT2D eigenvalue weighted by Gasteiger charge is 2.40. The third-order valence-electron chi connectivity index (χ3n) is 3.88. The average Bonchev–Trinajstić information content (AvgIpc) is 2.80. The quantitative estimate of drug-likeness (QED) is 0.414. The van der Waals surface area contributed by atoms with Gasteiger partial charge in [-0.1, -0.05) is 0 Å². The van der Waals surface area contributed by atoms with E-state index < -0.39 is 14.6 Å². The van der Waals surface area contributed by atoms with Crippen molar-refractivity contribution < 1.29 is 8.42 Å². The van der Waals surface area contributed by atoms with Gasteiger partial charge in [0.25, 0.3) is 0 Å². The topological polar surface area (TPSA) is 79.6 Å². The van der Waals surface area contributed by atoms with Crippen molar-refractivity contribution >= 4 is 39.8 Å². The van der Waals surface area contributed by atoms with E-state index in [-0.39, 0.29) is 29.7 Å². The van der Waals surface area contributed by atoms with Crippen molar-refractivity contribution in [2.75, 3.05) is 25.9 Å². The van der Waals surface area contributed by atoms with Crippen LogP contribution in [0.5, 0.6) is 0 Å². The molecular formula is C13H24IN5O2S. The molecule has 9 heteroatoms. The van der Waals surface area contributed by atoms with E-state index in [9.17, 15) is 8.42 Å². The van der Waals surface area contributed by atoms with Crippen molar-refractivity contribution in [2.45, 2.75) is 25.1 Å². The minimum atomic E-state index is -3.04. The number of aromatic nitrogens is 2. The van der Waals surface area contributed by atoms with Crippen molar-refractivity contribution in [1.82, 2.24) is 19.8 Å². The maximum absolute atomic E-state index is 12.0. The number of hydrogen-bond donors (Lipinski definition) is 1. The van der Waals surface area contributed by atoms with Crippen LogP contribution in [0.1, 0.15) is 19.7 Å². The SMILES string of the molecule is CN=C(NCc1nccn1C)N1CCS(=O)(=O)C(C)(C)C1.I. The molecule has 1 aromatic heterocycles. The summed E-state index contributed by atoms with van der Waals surface area (Å²) in [5.41, 5.74) is 0. The zero-order chi connectivity index (χ0) is 15.7. The minimum absolute atomic E-state index is 0. The number of imidazole rings is 1. The third-order valence-corrected chi connectivity index (χ3v) is 6.41. The van der Waals surface area contributed by atoms with E-state index in [1.165, 1.54) is 0 Å². The fraction of sp³-hybridized carbons (Fsp3) is 0.692. The van der Waals surface area contributed by atoms with Gasteiger partial charge in [0.2, 0.25) is 0 Å². The van der Waals surface area contributed by atoms with Crippen molar-refractivity contribution in [1.29, 1.82) is 0 Å². The first-order valence-electron chi connectivity index (χ1n) is 6.91. The Bertz CT molecular complexity index is 639. The molecule has 1 saturated heterocycles. The van der Waals surface area contributed by atoms with E-state index >= 15 is 0 Å². The van der Waals surface area contributed by atoms with Gasteiger partial charge in [0, 0.05) is 39.6 Å². The summed E-state index contributed by atoms with van der Waals surface area (Å²) in [6, 6.07) is 0. The molecule has 1 fully saturated rings. The Hall–Kier alpha value is -0.840. The molecular weight excluding hydrogens is 417 g/mol. The van der Waals surface area contributed by atoms with Crippen LogP contribution in [0.3, 0.4) is 0 Å². The number of aliphatic imine (C=N–C) groups is 1.